The molecule has 27 heavy (non-hydrogen) atoms. The number of primary amides is 1. The van der Waals surface area contributed by atoms with Crippen molar-refractivity contribution in [2.75, 3.05) is 13.6 Å². The van der Waals surface area contributed by atoms with Crippen molar-refractivity contribution in [3.05, 3.63) is 36.0 Å². The molecular formula is C20H33N5O2. The fourth-order valence-corrected chi connectivity index (χ4v) is 2.90. The number of rotatable bonds is 12. The average molecular weight is 376 g/mol. The maximum atomic E-state index is 12.7. The van der Waals surface area contributed by atoms with E-state index in [1.165, 1.54) is 0 Å². The van der Waals surface area contributed by atoms with Gasteiger partial charge in [-0.3, -0.25) is 15.0 Å². The molecule has 1 rings (SSSR count). The van der Waals surface area contributed by atoms with Gasteiger partial charge in [0.2, 0.25) is 5.91 Å². The highest BCUT2D eigenvalue weighted by atomic mass is 16.2. The van der Waals surface area contributed by atoms with Crippen LogP contribution in [0, 0.1) is 5.41 Å². The van der Waals surface area contributed by atoms with Crippen LogP contribution < -0.4 is 21.7 Å². The molecule has 0 bridgehead atoms. The van der Waals surface area contributed by atoms with Crippen LogP contribution in [0.4, 0.5) is 0 Å². The third kappa shape index (κ3) is 8.79. The van der Waals surface area contributed by atoms with Gasteiger partial charge in [-0.15, -0.1) is 0 Å². The standard InChI is InChI=1S/C20H33N5O2/c1-14(2)24-17-11-6-4-5-10-16(17)19(22)20(27)25-15(13-23-3)9-7-8-12-18(21)26/h4-6,10-11,14-15,17,22-24H,7-9,12-13H2,1-3H3,(H2,21,26)(H,25,27). The van der Waals surface area contributed by atoms with Crippen LogP contribution in [0.1, 0.15) is 39.5 Å². The maximum Gasteiger partial charge on any atom is 0.269 e. The molecule has 7 nitrogen and oxygen atoms in total. The topological polar surface area (TPSA) is 120 Å². The quantitative estimate of drug-likeness (QED) is 0.260. The number of unbranched alkanes of at least 4 members (excludes halogenated alkanes) is 1. The Balaban J connectivity index is 2.71. The van der Waals surface area contributed by atoms with Gasteiger partial charge in [-0.05, 0) is 33.7 Å². The molecule has 1 aliphatic carbocycles. The van der Waals surface area contributed by atoms with Gasteiger partial charge in [0.05, 0.1) is 6.04 Å². The summed E-state index contributed by atoms with van der Waals surface area (Å²) in [4.78, 5) is 23.5. The first-order valence-corrected chi connectivity index (χ1v) is 9.49. The second-order valence-corrected chi connectivity index (χ2v) is 7.01. The van der Waals surface area contributed by atoms with Crippen molar-refractivity contribution >= 4 is 17.5 Å². The van der Waals surface area contributed by atoms with Gasteiger partial charge in [-0.25, -0.2) is 0 Å². The first-order valence-electron chi connectivity index (χ1n) is 9.49. The molecule has 6 N–H and O–H groups in total. The Labute approximate surface area is 162 Å². The molecule has 7 heteroatoms. The Bertz CT molecular complexity index is 607. The summed E-state index contributed by atoms with van der Waals surface area (Å²) in [5, 5.41) is 17.8. The molecule has 150 valence electrons. The lowest BCUT2D eigenvalue weighted by Gasteiger charge is -2.23. The molecular weight excluding hydrogens is 342 g/mol. The van der Waals surface area contributed by atoms with Gasteiger partial charge in [0.25, 0.3) is 5.91 Å². The van der Waals surface area contributed by atoms with Gasteiger partial charge < -0.3 is 21.7 Å². The summed E-state index contributed by atoms with van der Waals surface area (Å²) in [6.07, 6.45) is 12.0. The number of carbonyl (C=O) groups excluding carboxylic acids is 2. The van der Waals surface area contributed by atoms with Crippen molar-refractivity contribution in [1.82, 2.24) is 16.0 Å². The second-order valence-electron chi connectivity index (χ2n) is 7.01. The van der Waals surface area contributed by atoms with Crippen LogP contribution >= 0.6 is 0 Å². The molecule has 0 aliphatic heterocycles. The van der Waals surface area contributed by atoms with Gasteiger partial charge in [-0.2, -0.15) is 0 Å². The molecule has 0 saturated carbocycles. The fourth-order valence-electron chi connectivity index (χ4n) is 2.90. The summed E-state index contributed by atoms with van der Waals surface area (Å²) in [7, 11) is 1.82. The summed E-state index contributed by atoms with van der Waals surface area (Å²) in [6, 6.07) is -0.0689. The summed E-state index contributed by atoms with van der Waals surface area (Å²) < 4.78 is 0. The highest BCUT2D eigenvalue weighted by molar-refractivity contribution is 6.44. The largest absolute Gasteiger partial charge is 0.370 e. The van der Waals surface area contributed by atoms with E-state index >= 15 is 0 Å². The Morgan fingerprint density at radius 1 is 1.22 bits per heavy atom. The number of carbonyl (C=O) groups is 2. The first kappa shape index (κ1) is 22.8. The molecule has 2 amide bonds. The van der Waals surface area contributed by atoms with Gasteiger partial charge in [0.1, 0.15) is 5.71 Å². The predicted octanol–water partition coefficient (Wildman–Crippen LogP) is 1.18. The number of amides is 2. The minimum Gasteiger partial charge on any atom is -0.370 e. The minimum atomic E-state index is -0.393. The number of hydrogen-bond donors (Lipinski definition) is 5. The molecule has 2 atom stereocenters. The SMILES string of the molecule is CNCC(CCCCC(N)=O)NC(=O)C(=N)C1=CC=CC=CC1NC(C)C. The van der Waals surface area contributed by atoms with Gasteiger partial charge in [0.15, 0.2) is 0 Å². The van der Waals surface area contributed by atoms with E-state index in [0.717, 1.165) is 12.8 Å². The van der Waals surface area contributed by atoms with E-state index in [1.807, 2.05) is 51.3 Å². The van der Waals surface area contributed by atoms with E-state index in [2.05, 4.69) is 16.0 Å². The van der Waals surface area contributed by atoms with Crippen molar-refractivity contribution in [2.45, 2.75) is 57.7 Å². The Morgan fingerprint density at radius 2 is 1.96 bits per heavy atom. The molecule has 0 fully saturated rings. The number of nitrogens with one attached hydrogen (secondary N) is 4. The van der Waals surface area contributed by atoms with Crippen molar-refractivity contribution in [3.63, 3.8) is 0 Å². The Morgan fingerprint density at radius 3 is 2.59 bits per heavy atom. The molecule has 0 spiro atoms. The third-order valence-electron chi connectivity index (χ3n) is 4.18. The normalized spacial score (nSPS) is 17.3. The van der Waals surface area contributed by atoms with Gasteiger partial charge in [-0.1, -0.05) is 36.8 Å². The summed E-state index contributed by atoms with van der Waals surface area (Å²) in [5.41, 5.74) is 5.76. The summed E-state index contributed by atoms with van der Waals surface area (Å²) in [5.74, 6) is -0.702. The fraction of sp³-hybridized carbons (Fsp3) is 0.550. The van der Waals surface area contributed by atoms with E-state index in [0.29, 0.717) is 25.0 Å². The molecule has 0 aromatic rings. The molecule has 2 unspecified atom stereocenters. The highest BCUT2D eigenvalue weighted by Crippen LogP contribution is 2.12. The van der Waals surface area contributed by atoms with Crippen LogP contribution in [0.5, 0.6) is 0 Å². The lowest BCUT2D eigenvalue weighted by molar-refractivity contribution is -0.118. The molecule has 0 heterocycles. The van der Waals surface area contributed by atoms with Crippen LogP contribution in [-0.2, 0) is 9.59 Å². The lowest BCUT2D eigenvalue weighted by Crippen LogP contribution is -2.46. The zero-order valence-electron chi connectivity index (χ0n) is 16.5. The molecule has 0 aromatic heterocycles. The zero-order chi connectivity index (χ0) is 20.2. The van der Waals surface area contributed by atoms with Crippen molar-refractivity contribution in [3.8, 4) is 0 Å². The third-order valence-corrected chi connectivity index (χ3v) is 4.18. The van der Waals surface area contributed by atoms with Crippen LogP contribution in [-0.4, -0.2) is 49.2 Å². The minimum absolute atomic E-state index is 0.0393. The highest BCUT2D eigenvalue weighted by Gasteiger charge is 2.23. The molecule has 1 aliphatic rings. The van der Waals surface area contributed by atoms with Crippen LogP contribution in [0.2, 0.25) is 0 Å². The van der Waals surface area contributed by atoms with E-state index in [4.69, 9.17) is 11.1 Å². The predicted molar refractivity (Wildman–Crippen MR) is 110 cm³/mol. The van der Waals surface area contributed by atoms with E-state index in [9.17, 15) is 9.59 Å². The average Bonchev–Trinajstić information content (AvgIpc) is 2.82. The summed E-state index contributed by atoms with van der Waals surface area (Å²) in [6.45, 7) is 4.66. The second kappa shape index (κ2) is 12.2. The van der Waals surface area contributed by atoms with Crippen LogP contribution in [0.15, 0.2) is 36.0 Å². The van der Waals surface area contributed by atoms with E-state index in [1.54, 1.807) is 0 Å². The van der Waals surface area contributed by atoms with Crippen LogP contribution in [0.25, 0.3) is 0 Å². The van der Waals surface area contributed by atoms with Gasteiger partial charge in [0, 0.05) is 30.6 Å². The monoisotopic (exact) mass is 375 g/mol. The van der Waals surface area contributed by atoms with E-state index < -0.39 is 5.91 Å². The summed E-state index contributed by atoms with van der Waals surface area (Å²) >= 11 is 0. The van der Waals surface area contributed by atoms with Crippen LogP contribution in [0.3, 0.4) is 0 Å². The lowest BCUT2D eigenvalue weighted by atomic mass is 9.99. The van der Waals surface area contributed by atoms with Crippen molar-refractivity contribution in [1.29, 1.82) is 5.41 Å². The molecule has 0 radical (unpaired) electrons. The number of hydrogen-bond acceptors (Lipinski definition) is 5. The number of likely N-dealkylation sites (N-methyl/N-ethyl adjacent to an activating group) is 1. The van der Waals surface area contributed by atoms with Gasteiger partial charge >= 0.3 is 0 Å². The maximum absolute atomic E-state index is 12.7. The zero-order valence-corrected chi connectivity index (χ0v) is 16.5. The van der Waals surface area contributed by atoms with E-state index in [-0.39, 0.29) is 29.7 Å². The van der Waals surface area contributed by atoms with Crippen molar-refractivity contribution in [2.24, 2.45) is 5.73 Å². The molecule has 0 saturated heterocycles. The first-order chi connectivity index (χ1) is 12.8. The number of allylic oxidation sites excluding steroid dienone is 4. The smallest absolute Gasteiger partial charge is 0.269 e. The Kier molecular flexibility index (Phi) is 10.3. The number of nitrogens with two attached hydrogens (primary N) is 1. The van der Waals surface area contributed by atoms with Crippen molar-refractivity contribution < 1.29 is 9.59 Å². The molecule has 0 aromatic carbocycles. The Hall–Kier alpha value is -2.25.